The van der Waals surface area contributed by atoms with Gasteiger partial charge >= 0.3 is 17.9 Å². The van der Waals surface area contributed by atoms with Crippen LogP contribution in [0, 0.1) is 0 Å². The van der Waals surface area contributed by atoms with Gasteiger partial charge in [-0.25, -0.2) is 0 Å². The Morgan fingerprint density at radius 1 is 0.256 bits per heavy atom. The molecule has 6 nitrogen and oxygen atoms in total. The molecule has 0 radical (unpaired) electrons. The molecule has 0 saturated carbocycles. The van der Waals surface area contributed by atoms with Crippen molar-refractivity contribution in [2.45, 2.75) is 354 Å². The molecule has 0 heterocycles. The minimum absolute atomic E-state index is 0.110. The Kier molecular flexibility index (Phi) is 66.7. The first-order valence-electron chi connectivity index (χ1n) is 35.2. The molecule has 0 fully saturated rings. The standard InChI is InChI=1S/C76H132O6/c1-4-7-10-13-16-19-22-25-27-29-31-32-33-34-35-36-37-38-39-40-41-42-43-45-46-48-51-54-57-60-63-66-69-75(78)81-72-73(71-80-74(77)68-65-62-59-56-53-50-24-21-18-15-12-9-6-3)82-76(79)70-67-64-61-58-55-52-49-47-44-30-28-26-23-20-17-14-11-8-5-2/h8,11-12,15,17,20-21,24,26,28,44,47,52,55,61,64,73H,4-7,9-10,13-14,16,18-19,22-23,25,27,29-43,45-46,48-51,53-54,56-60,62-63,65-72H2,1-3H3/b11-8-,15-12-,20-17-,24-21-,28-26-,47-44-,55-52-,64-61-. The predicted molar refractivity (Wildman–Crippen MR) is 357 cm³/mol. The molecule has 0 rings (SSSR count). The molecule has 0 bridgehead atoms. The van der Waals surface area contributed by atoms with E-state index in [0.717, 1.165) is 109 Å². The van der Waals surface area contributed by atoms with Gasteiger partial charge in [-0.2, -0.15) is 0 Å². The van der Waals surface area contributed by atoms with Gasteiger partial charge in [-0.15, -0.1) is 0 Å². The smallest absolute Gasteiger partial charge is 0.306 e. The zero-order valence-corrected chi connectivity index (χ0v) is 54.2. The monoisotopic (exact) mass is 1140 g/mol. The fourth-order valence-electron chi connectivity index (χ4n) is 10.1. The Hall–Kier alpha value is -3.67. The van der Waals surface area contributed by atoms with E-state index in [-0.39, 0.29) is 31.6 Å². The van der Waals surface area contributed by atoms with Crippen molar-refractivity contribution >= 4 is 17.9 Å². The van der Waals surface area contributed by atoms with Crippen molar-refractivity contribution in [2.24, 2.45) is 0 Å². The lowest BCUT2D eigenvalue weighted by atomic mass is 10.0. The lowest BCUT2D eigenvalue weighted by Crippen LogP contribution is -2.30. The molecule has 0 aliphatic rings. The lowest BCUT2D eigenvalue weighted by Gasteiger charge is -2.18. The number of rotatable bonds is 64. The van der Waals surface area contributed by atoms with Crippen molar-refractivity contribution in [1.82, 2.24) is 0 Å². The van der Waals surface area contributed by atoms with Crippen LogP contribution in [-0.2, 0) is 28.6 Å². The Morgan fingerprint density at radius 3 is 0.841 bits per heavy atom. The van der Waals surface area contributed by atoms with Crippen LogP contribution >= 0.6 is 0 Å². The van der Waals surface area contributed by atoms with Gasteiger partial charge in [0.1, 0.15) is 13.2 Å². The summed E-state index contributed by atoms with van der Waals surface area (Å²) in [6, 6.07) is 0. The third-order valence-electron chi connectivity index (χ3n) is 15.3. The molecule has 0 aliphatic carbocycles. The molecular formula is C76H132O6. The maximum atomic E-state index is 12.9. The Bertz CT molecular complexity index is 1590. The molecule has 0 N–H and O–H groups in total. The average Bonchev–Trinajstić information content (AvgIpc) is 3.47. The van der Waals surface area contributed by atoms with Gasteiger partial charge in [0, 0.05) is 19.3 Å². The fourth-order valence-corrected chi connectivity index (χ4v) is 10.1. The van der Waals surface area contributed by atoms with E-state index in [1.807, 2.05) is 6.08 Å². The molecule has 0 aromatic rings. The maximum absolute atomic E-state index is 12.9. The van der Waals surface area contributed by atoms with Crippen molar-refractivity contribution in [3.05, 3.63) is 97.2 Å². The quantitative estimate of drug-likeness (QED) is 0.0261. The number of ether oxygens (including phenoxy) is 3. The van der Waals surface area contributed by atoms with Crippen LogP contribution in [0.3, 0.4) is 0 Å². The molecule has 0 saturated heterocycles. The van der Waals surface area contributed by atoms with E-state index in [4.69, 9.17) is 14.2 Å². The number of carbonyl (C=O) groups excluding carboxylic acids is 3. The second kappa shape index (κ2) is 69.8. The lowest BCUT2D eigenvalue weighted by molar-refractivity contribution is -0.166. The van der Waals surface area contributed by atoms with Crippen LogP contribution in [0.4, 0.5) is 0 Å². The summed E-state index contributed by atoms with van der Waals surface area (Å²) in [6.07, 6.45) is 94.7. The summed E-state index contributed by atoms with van der Waals surface area (Å²) in [6.45, 7) is 6.43. The van der Waals surface area contributed by atoms with Gasteiger partial charge in [0.2, 0.25) is 0 Å². The minimum Gasteiger partial charge on any atom is -0.462 e. The van der Waals surface area contributed by atoms with Crippen LogP contribution in [-0.4, -0.2) is 37.2 Å². The van der Waals surface area contributed by atoms with Crippen molar-refractivity contribution in [3.63, 3.8) is 0 Å². The molecule has 1 atom stereocenters. The third kappa shape index (κ3) is 67.1. The summed E-state index contributed by atoms with van der Waals surface area (Å²) >= 11 is 0. The molecule has 6 heteroatoms. The van der Waals surface area contributed by atoms with Crippen molar-refractivity contribution in [2.75, 3.05) is 13.2 Å². The highest BCUT2D eigenvalue weighted by Gasteiger charge is 2.19. The van der Waals surface area contributed by atoms with Crippen LogP contribution in [0.5, 0.6) is 0 Å². The van der Waals surface area contributed by atoms with E-state index in [2.05, 4.69) is 112 Å². The Morgan fingerprint density at radius 2 is 0.524 bits per heavy atom. The summed E-state index contributed by atoms with van der Waals surface area (Å²) in [5.41, 5.74) is 0. The Balaban J connectivity index is 4.23. The first-order valence-corrected chi connectivity index (χ1v) is 35.2. The SMILES string of the molecule is CC/C=C\C/C=C\C/C=C\C/C=C\C/C=C\C/C=C\CCC(=O)OC(COC(=O)CCCCCCC/C=C\C/C=C\CCC)COC(=O)CCCCCCCCCCCCCCCCCCCCCCCCCCCCCCCCCC. The molecule has 0 aromatic heterocycles. The van der Waals surface area contributed by atoms with Crippen molar-refractivity contribution in [3.8, 4) is 0 Å². The minimum atomic E-state index is -0.825. The number of allylic oxidation sites excluding steroid dienone is 16. The fraction of sp³-hybridized carbons (Fsp3) is 0.750. The number of hydrogen-bond donors (Lipinski definition) is 0. The van der Waals surface area contributed by atoms with E-state index >= 15 is 0 Å². The van der Waals surface area contributed by atoms with Gasteiger partial charge in [0.05, 0.1) is 0 Å². The first kappa shape index (κ1) is 78.3. The van der Waals surface area contributed by atoms with E-state index < -0.39 is 12.1 Å². The van der Waals surface area contributed by atoms with E-state index in [1.165, 1.54) is 193 Å². The van der Waals surface area contributed by atoms with Gasteiger partial charge in [-0.05, 0) is 83.5 Å². The summed E-state index contributed by atoms with van der Waals surface area (Å²) < 4.78 is 16.9. The van der Waals surface area contributed by atoms with Crippen LogP contribution < -0.4 is 0 Å². The highest BCUT2D eigenvalue weighted by atomic mass is 16.6. The number of esters is 3. The molecule has 0 aliphatic heterocycles. The number of hydrogen-bond acceptors (Lipinski definition) is 6. The molecule has 0 spiro atoms. The van der Waals surface area contributed by atoms with Gasteiger partial charge in [-0.1, -0.05) is 343 Å². The molecule has 0 aromatic carbocycles. The predicted octanol–water partition coefficient (Wildman–Crippen LogP) is 24.4. The van der Waals surface area contributed by atoms with Crippen LogP contribution in [0.25, 0.3) is 0 Å². The van der Waals surface area contributed by atoms with Crippen molar-refractivity contribution in [1.29, 1.82) is 0 Å². The Labute approximate surface area is 508 Å². The second-order valence-electron chi connectivity index (χ2n) is 23.4. The molecule has 82 heavy (non-hydrogen) atoms. The van der Waals surface area contributed by atoms with Gasteiger partial charge in [0.15, 0.2) is 6.10 Å². The van der Waals surface area contributed by atoms with E-state index in [9.17, 15) is 14.4 Å². The van der Waals surface area contributed by atoms with Gasteiger partial charge < -0.3 is 14.2 Å². The summed E-state index contributed by atoms with van der Waals surface area (Å²) in [4.78, 5) is 38.3. The van der Waals surface area contributed by atoms with Crippen molar-refractivity contribution < 1.29 is 28.6 Å². The molecular weight excluding hydrogens is 1010 g/mol. The van der Waals surface area contributed by atoms with Gasteiger partial charge in [0.25, 0.3) is 0 Å². The third-order valence-corrected chi connectivity index (χ3v) is 15.3. The highest BCUT2D eigenvalue weighted by Crippen LogP contribution is 2.18. The molecule has 1 unspecified atom stereocenters. The number of carbonyl (C=O) groups is 3. The highest BCUT2D eigenvalue weighted by molar-refractivity contribution is 5.71. The van der Waals surface area contributed by atoms with Gasteiger partial charge in [-0.3, -0.25) is 14.4 Å². The maximum Gasteiger partial charge on any atom is 0.306 e. The van der Waals surface area contributed by atoms with E-state index in [1.54, 1.807) is 0 Å². The largest absolute Gasteiger partial charge is 0.462 e. The first-order chi connectivity index (χ1) is 40.5. The summed E-state index contributed by atoms with van der Waals surface area (Å²) in [5.74, 6) is -0.998. The van der Waals surface area contributed by atoms with Crippen LogP contribution in [0.2, 0.25) is 0 Å². The summed E-state index contributed by atoms with van der Waals surface area (Å²) in [7, 11) is 0. The zero-order chi connectivity index (χ0) is 59.2. The molecule has 0 amide bonds. The summed E-state index contributed by atoms with van der Waals surface area (Å²) in [5, 5.41) is 0. The zero-order valence-electron chi connectivity index (χ0n) is 54.2. The topological polar surface area (TPSA) is 78.9 Å². The number of unbranched alkanes of at least 4 members (excludes halogenated alkanes) is 37. The second-order valence-corrected chi connectivity index (χ2v) is 23.4. The van der Waals surface area contributed by atoms with Crippen LogP contribution in [0.15, 0.2) is 97.2 Å². The normalized spacial score (nSPS) is 12.7. The average molecular weight is 1140 g/mol. The van der Waals surface area contributed by atoms with Crippen LogP contribution in [0.1, 0.15) is 348 Å². The molecule has 472 valence electrons. The van der Waals surface area contributed by atoms with E-state index in [0.29, 0.717) is 19.3 Å².